The summed E-state index contributed by atoms with van der Waals surface area (Å²) in [7, 11) is 0. The molecule has 78 valence electrons. The van der Waals surface area contributed by atoms with Crippen LogP contribution in [-0.2, 0) is 6.54 Å². The van der Waals surface area contributed by atoms with Crippen molar-refractivity contribution in [3.63, 3.8) is 0 Å². The average Bonchev–Trinajstić information content (AvgIpc) is 2.29. The molecule has 0 bridgehead atoms. The van der Waals surface area contributed by atoms with Crippen LogP contribution in [0.1, 0.15) is 0 Å². The minimum atomic E-state index is -0.0255. The third kappa shape index (κ3) is 2.42. The molecule has 0 radical (unpaired) electrons. The van der Waals surface area contributed by atoms with Gasteiger partial charge in [0.05, 0.1) is 0 Å². The number of benzene rings is 1. The van der Waals surface area contributed by atoms with Crippen LogP contribution in [0, 0.1) is 0 Å². The van der Waals surface area contributed by atoms with Gasteiger partial charge in [0.25, 0.3) is 0 Å². The van der Waals surface area contributed by atoms with Crippen molar-refractivity contribution in [2.24, 2.45) is 0 Å². The van der Waals surface area contributed by atoms with Gasteiger partial charge in [-0.2, -0.15) is 4.57 Å². The summed E-state index contributed by atoms with van der Waals surface area (Å²) in [6.07, 6.45) is 2.03. The van der Waals surface area contributed by atoms with Gasteiger partial charge in [-0.05, 0) is 12.1 Å². The fraction of sp³-hybridized carbons (Fsp3) is 0.250. The molecule has 0 N–H and O–H groups in total. The van der Waals surface area contributed by atoms with Gasteiger partial charge in [-0.1, -0.05) is 12.1 Å². The van der Waals surface area contributed by atoms with Crippen molar-refractivity contribution in [1.82, 2.24) is 0 Å². The lowest BCUT2D eigenvalue weighted by Crippen LogP contribution is -2.38. The maximum Gasteiger partial charge on any atom is 0.212 e. The quantitative estimate of drug-likeness (QED) is 0.574. The van der Waals surface area contributed by atoms with Gasteiger partial charge in [-0.25, -0.2) is 0 Å². The van der Waals surface area contributed by atoms with Gasteiger partial charge in [0.2, 0.25) is 5.52 Å². The predicted octanol–water partition coefficient (Wildman–Crippen LogP) is 2.97. The Labute approximate surface area is 99.2 Å². The topological polar surface area (TPSA) is 3.88 Å². The van der Waals surface area contributed by atoms with Gasteiger partial charge < -0.3 is 0 Å². The van der Waals surface area contributed by atoms with Crippen LogP contribution in [0.5, 0.6) is 0 Å². The van der Waals surface area contributed by atoms with E-state index in [9.17, 15) is 0 Å². The first-order chi connectivity index (χ1) is 7.31. The third-order valence-corrected chi connectivity index (χ3v) is 3.17. The number of nitrogens with zero attached hydrogens (tertiary/aromatic N) is 1. The maximum atomic E-state index is 6.05. The average molecular weight is 241 g/mol. The highest BCUT2D eigenvalue weighted by Gasteiger charge is 2.12. The number of para-hydroxylation sites is 1. The highest BCUT2D eigenvalue weighted by Crippen LogP contribution is 2.09. The Morgan fingerprint density at radius 1 is 1.13 bits per heavy atom. The molecule has 0 aliphatic rings. The van der Waals surface area contributed by atoms with E-state index < -0.39 is 0 Å². The van der Waals surface area contributed by atoms with Crippen molar-refractivity contribution in [2.75, 3.05) is 5.88 Å². The van der Waals surface area contributed by atoms with E-state index in [0.717, 1.165) is 6.54 Å². The summed E-state index contributed by atoms with van der Waals surface area (Å²) in [5.74, 6) is 0.470. The molecular weight excluding hydrogens is 229 g/mol. The normalized spacial score (nSPS) is 12.9. The molecule has 2 rings (SSSR count). The van der Waals surface area contributed by atoms with Crippen molar-refractivity contribution >= 4 is 34.1 Å². The molecule has 0 spiro atoms. The van der Waals surface area contributed by atoms with Gasteiger partial charge in [0.1, 0.15) is 5.38 Å². The standard InChI is InChI=1S/C12H12Cl2N/c13-8-11(14)9-15-7-3-5-10-4-1-2-6-12(10)15/h1-7,11H,8-9H2/q+1. The van der Waals surface area contributed by atoms with Crippen molar-refractivity contribution in [3.05, 3.63) is 42.6 Å². The molecule has 0 fully saturated rings. The van der Waals surface area contributed by atoms with Crippen molar-refractivity contribution in [3.8, 4) is 0 Å². The second-order valence-electron chi connectivity index (χ2n) is 3.47. The molecule has 1 unspecified atom stereocenters. The van der Waals surface area contributed by atoms with Gasteiger partial charge >= 0.3 is 0 Å². The van der Waals surface area contributed by atoms with Crippen LogP contribution < -0.4 is 4.57 Å². The number of fused-ring (bicyclic) bond motifs is 1. The largest absolute Gasteiger partial charge is 0.212 e. The number of halogens is 2. The van der Waals surface area contributed by atoms with Gasteiger partial charge in [-0.3, -0.25) is 0 Å². The highest BCUT2D eigenvalue weighted by atomic mass is 35.5. The summed E-state index contributed by atoms with van der Waals surface area (Å²) < 4.78 is 2.13. The smallest absolute Gasteiger partial charge is 0.197 e. The molecule has 2 aromatic rings. The molecule has 1 nitrogen and oxygen atoms in total. The second-order valence-corrected chi connectivity index (χ2v) is 4.40. The molecule has 3 heteroatoms. The molecule has 0 saturated heterocycles. The molecule has 0 aliphatic carbocycles. The van der Waals surface area contributed by atoms with Crippen LogP contribution in [0.3, 0.4) is 0 Å². The highest BCUT2D eigenvalue weighted by molar-refractivity contribution is 6.27. The lowest BCUT2D eigenvalue weighted by atomic mass is 10.2. The van der Waals surface area contributed by atoms with Crippen LogP contribution in [-0.4, -0.2) is 11.3 Å². The van der Waals surface area contributed by atoms with Crippen molar-refractivity contribution in [2.45, 2.75) is 11.9 Å². The summed E-state index contributed by atoms with van der Waals surface area (Å²) in [5.41, 5.74) is 1.19. The van der Waals surface area contributed by atoms with E-state index in [1.807, 2.05) is 24.4 Å². The van der Waals surface area contributed by atoms with Crippen LogP contribution >= 0.6 is 23.2 Å². The summed E-state index contributed by atoms with van der Waals surface area (Å²) >= 11 is 11.8. The zero-order valence-electron chi connectivity index (χ0n) is 8.24. The molecule has 1 atom stereocenters. The van der Waals surface area contributed by atoms with Crippen molar-refractivity contribution < 1.29 is 4.57 Å². The monoisotopic (exact) mass is 240 g/mol. The Bertz CT molecular complexity index is 451. The zero-order chi connectivity index (χ0) is 10.7. The van der Waals surface area contributed by atoms with Gasteiger partial charge in [0.15, 0.2) is 12.7 Å². The van der Waals surface area contributed by atoms with E-state index >= 15 is 0 Å². The molecule has 1 heterocycles. The molecule has 1 aromatic heterocycles. The summed E-state index contributed by atoms with van der Waals surface area (Å²) in [6.45, 7) is 0.742. The minimum Gasteiger partial charge on any atom is -0.197 e. The van der Waals surface area contributed by atoms with Crippen molar-refractivity contribution in [1.29, 1.82) is 0 Å². The van der Waals surface area contributed by atoms with Gasteiger partial charge in [-0.15, -0.1) is 23.2 Å². The minimum absolute atomic E-state index is 0.0255. The molecule has 0 saturated carbocycles. The van der Waals surface area contributed by atoms with Gasteiger partial charge in [0, 0.05) is 23.4 Å². The Morgan fingerprint density at radius 2 is 1.87 bits per heavy atom. The van der Waals surface area contributed by atoms with Crippen LogP contribution in [0.15, 0.2) is 42.6 Å². The van der Waals surface area contributed by atoms with Crippen LogP contribution in [0.4, 0.5) is 0 Å². The Balaban J connectivity index is 2.42. The zero-order valence-corrected chi connectivity index (χ0v) is 9.75. The van der Waals surface area contributed by atoms with E-state index in [0.29, 0.717) is 5.88 Å². The first-order valence-electron chi connectivity index (χ1n) is 4.88. The van der Waals surface area contributed by atoms with E-state index in [2.05, 4.69) is 22.8 Å². The maximum absolute atomic E-state index is 6.05. The van der Waals surface area contributed by atoms with E-state index in [-0.39, 0.29) is 5.38 Å². The SMILES string of the molecule is ClCC(Cl)C[n+]1cccc2ccccc21. The fourth-order valence-corrected chi connectivity index (χ4v) is 1.89. The number of alkyl halides is 2. The Hall–Kier alpha value is -0.790. The molecule has 0 aliphatic heterocycles. The molecule has 15 heavy (non-hydrogen) atoms. The summed E-state index contributed by atoms with van der Waals surface area (Å²) in [4.78, 5) is 0. The first kappa shape index (κ1) is 10.7. The molecule has 0 amide bonds. The summed E-state index contributed by atoms with van der Waals surface area (Å²) in [5, 5.41) is 1.20. The van der Waals surface area contributed by atoms with E-state index in [4.69, 9.17) is 23.2 Å². The number of aromatic nitrogens is 1. The van der Waals surface area contributed by atoms with Crippen LogP contribution in [0.2, 0.25) is 0 Å². The lowest BCUT2D eigenvalue weighted by molar-refractivity contribution is -0.670. The second kappa shape index (κ2) is 4.82. The molecular formula is C12H12Cl2N+. The summed E-state index contributed by atoms with van der Waals surface area (Å²) in [6, 6.07) is 12.4. The predicted molar refractivity (Wildman–Crippen MR) is 64.5 cm³/mol. The Morgan fingerprint density at radius 3 is 2.67 bits per heavy atom. The number of hydrogen-bond acceptors (Lipinski definition) is 0. The number of hydrogen-bond donors (Lipinski definition) is 0. The van der Waals surface area contributed by atoms with E-state index in [1.165, 1.54) is 10.9 Å². The number of pyridine rings is 1. The third-order valence-electron chi connectivity index (χ3n) is 2.35. The molecule has 1 aromatic carbocycles. The first-order valence-corrected chi connectivity index (χ1v) is 5.85. The van der Waals surface area contributed by atoms with E-state index in [1.54, 1.807) is 0 Å². The fourth-order valence-electron chi connectivity index (χ4n) is 1.64. The lowest BCUT2D eigenvalue weighted by Gasteiger charge is -2.03. The Kier molecular flexibility index (Phi) is 3.45. The number of rotatable bonds is 3. The van der Waals surface area contributed by atoms with Crippen LogP contribution in [0.25, 0.3) is 10.9 Å².